The number of nitrogen functional groups attached to an aromatic ring is 1. The third kappa shape index (κ3) is 3.03. The molecule has 0 radical (unpaired) electrons. The van der Waals surface area contributed by atoms with Crippen molar-refractivity contribution in [3.63, 3.8) is 0 Å². The lowest BCUT2D eigenvalue weighted by molar-refractivity contribution is -0.114. The highest BCUT2D eigenvalue weighted by molar-refractivity contribution is 5.90. The van der Waals surface area contributed by atoms with Gasteiger partial charge in [-0.3, -0.25) is 4.79 Å². The zero-order valence-electron chi connectivity index (χ0n) is 10.8. The van der Waals surface area contributed by atoms with Gasteiger partial charge in [-0.05, 0) is 18.2 Å². The summed E-state index contributed by atoms with van der Waals surface area (Å²) >= 11 is 0. The molecule has 6 nitrogen and oxygen atoms in total. The van der Waals surface area contributed by atoms with Gasteiger partial charge in [0.15, 0.2) is 5.75 Å². The number of amides is 1. The van der Waals surface area contributed by atoms with Crippen LogP contribution in [0.1, 0.15) is 12.5 Å². The number of rotatable bonds is 3. The standard InChI is InChI=1S/C14H12N4O2/c1-9(19)18-12-4-2-3-5-13(12)20-14-10(7-15)6-11(16)8-17-14/h2-6,8H,16H2,1H3,(H,18,19). The molecule has 0 saturated carbocycles. The Morgan fingerprint density at radius 2 is 2.20 bits per heavy atom. The molecule has 0 bridgehead atoms. The molecule has 1 aromatic heterocycles. The fourth-order valence-corrected chi connectivity index (χ4v) is 1.58. The molecule has 0 atom stereocenters. The SMILES string of the molecule is CC(=O)Nc1ccccc1Oc1ncc(N)cc1C#N. The summed E-state index contributed by atoms with van der Waals surface area (Å²) in [5.41, 5.74) is 6.67. The number of anilines is 2. The Morgan fingerprint density at radius 1 is 1.45 bits per heavy atom. The number of nitrogens with two attached hydrogens (primary N) is 1. The van der Waals surface area contributed by atoms with Crippen LogP contribution in [0.4, 0.5) is 11.4 Å². The van der Waals surface area contributed by atoms with Crippen molar-refractivity contribution in [2.45, 2.75) is 6.92 Å². The lowest BCUT2D eigenvalue weighted by Gasteiger charge is -2.11. The molecule has 2 aromatic rings. The minimum atomic E-state index is -0.216. The lowest BCUT2D eigenvalue weighted by atomic mass is 10.2. The van der Waals surface area contributed by atoms with Gasteiger partial charge in [-0.15, -0.1) is 0 Å². The largest absolute Gasteiger partial charge is 0.435 e. The van der Waals surface area contributed by atoms with Crippen LogP contribution in [0.2, 0.25) is 0 Å². The summed E-state index contributed by atoms with van der Waals surface area (Å²) in [6, 6.07) is 10.3. The number of hydrogen-bond donors (Lipinski definition) is 2. The van der Waals surface area contributed by atoms with E-state index >= 15 is 0 Å². The molecular weight excluding hydrogens is 256 g/mol. The van der Waals surface area contributed by atoms with Crippen LogP contribution in [0.3, 0.4) is 0 Å². The van der Waals surface area contributed by atoms with Crippen LogP contribution in [0, 0.1) is 11.3 Å². The van der Waals surface area contributed by atoms with Gasteiger partial charge in [0, 0.05) is 6.92 Å². The second kappa shape index (κ2) is 5.71. The summed E-state index contributed by atoms with van der Waals surface area (Å²) in [7, 11) is 0. The van der Waals surface area contributed by atoms with Crippen LogP contribution in [-0.2, 0) is 4.79 Å². The normalized spacial score (nSPS) is 9.60. The van der Waals surface area contributed by atoms with Crippen LogP contribution in [0.5, 0.6) is 11.6 Å². The molecular formula is C14H12N4O2. The Kier molecular flexibility index (Phi) is 3.82. The highest BCUT2D eigenvalue weighted by Crippen LogP contribution is 2.30. The van der Waals surface area contributed by atoms with E-state index in [0.717, 1.165) is 0 Å². The van der Waals surface area contributed by atoms with E-state index in [9.17, 15) is 4.79 Å². The van der Waals surface area contributed by atoms with Crippen molar-refractivity contribution in [1.29, 1.82) is 5.26 Å². The van der Waals surface area contributed by atoms with Gasteiger partial charge in [-0.25, -0.2) is 4.98 Å². The number of benzene rings is 1. The van der Waals surface area contributed by atoms with Crippen LogP contribution < -0.4 is 15.8 Å². The van der Waals surface area contributed by atoms with Gasteiger partial charge >= 0.3 is 0 Å². The molecule has 100 valence electrons. The quantitative estimate of drug-likeness (QED) is 0.889. The Bertz CT molecular complexity index is 692. The summed E-state index contributed by atoms with van der Waals surface area (Å²) in [6.45, 7) is 1.40. The number of carbonyl (C=O) groups excluding carboxylic acids is 1. The summed E-state index contributed by atoms with van der Waals surface area (Å²) in [5, 5.41) is 11.7. The molecule has 1 aromatic carbocycles. The number of nitrogens with one attached hydrogen (secondary N) is 1. The average molecular weight is 268 g/mol. The molecule has 0 unspecified atom stereocenters. The number of ether oxygens (including phenoxy) is 1. The maximum Gasteiger partial charge on any atom is 0.237 e. The molecule has 0 saturated heterocycles. The Balaban J connectivity index is 2.36. The zero-order chi connectivity index (χ0) is 14.5. The Hall–Kier alpha value is -3.07. The summed E-state index contributed by atoms with van der Waals surface area (Å²) in [4.78, 5) is 15.1. The highest BCUT2D eigenvalue weighted by atomic mass is 16.5. The van der Waals surface area contributed by atoms with Crippen molar-refractivity contribution >= 4 is 17.3 Å². The molecule has 2 rings (SSSR count). The van der Waals surface area contributed by atoms with Gasteiger partial charge in [0.2, 0.25) is 11.8 Å². The van der Waals surface area contributed by atoms with E-state index in [-0.39, 0.29) is 17.4 Å². The number of carbonyl (C=O) groups is 1. The summed E-state index contributed by atoms with van der Waals surface area (Å²) < 4.78 is 5.58. The first-order chi connectivity index (χ1) is 9.60. The molecule has 20 heavy (non-hydrogen) atoms. The Morgan fingerprint density at radius 3 is 2.90 bits per heavy atom. The van der Waals surface area contributed by atoms with Crippen molar-refractivity contribution in [3.05, 3.63) is 42.1 Å². The summed E-state index contributed by atoms with van der Waals surface area (Å²) in [6.07, 6.45) is 1.40. The second-order valence-corrected chi connectivity index (χ2v) is 4.01. The van der Waals surface area contributed by atoms with E-state index in [0.29, 0.717) is 17.1 Å². The number of nitriles is 1. The lowest BCUT2D eigenvalue weighted by Crippen LogP contribution is -2.07. The number of hydrogen-bond acceptors (Lipinski definition) is 5. The van der Waals surface area contributed by atoms with Crippen LogP contribution >= 0.6 is 0 Å². The van der Waals surface area contributed by atoms with Crippen molar-refractivity contribution in [3.8, 4) is 17.7 Å². The maximum absolute atomic E-state index is 11.1. The van der Waals surface area contributed by atoms with Gasteiger partial charge in [-0.1, -0.05) is 12.1 Å². The van der Waals surface area contributed by atoms with E-state index in [2.05, 4.69) is 10.3 Å². The third-order valence-corrected chi connectivity index (χ3v) is 2.40. The number of para-hydroxylation sites is 2. The van der Waals surface area contributed by atoms with E-state index in [1.165, 1.54) is 19.2 Å². The van der Waals surface area contributed by atoms with Gasteiger partial charge < -0.3 is 15.8 Å². The van der Waals surface area contributed by atoms with E-state index in [4.69, 9.17) is 15.7 Å². The first kappa shape index (κ1) is 13.4. The second-order valence-electron chi connectivity index (χ2n) is 4.01. The first-order valence-corrected chi connectivity index (χ1v) is 5.80. The zero-order valence-corrected chi connectivity index (χ0v) is 10.8. The Labute approximate surface area is 115 Å². The molecule has 6 heteroatoms. The third-order valence-electron chi connectivity index (χ3n) is 2.40. The number of pyridine rings is 1. The smallest absolute Gasteiger partial charge is 0.237 e. The molecule has 0 aliphatic heterocycles. The average Bonchev–Trinajstić information content (AvgIpc) is 2.42. The van der Waals surface area contributed by atoms with Gasteiger partial charge in [-0.2, -0.15) is 5.26 Å². The van der Waals surface area contributed by atoms with Gasteiger partial charge in [0.05, 0.1) is 17.6 Å². The molecule has 1 amide bonds. The molecule has 3 N–H and O–H groups in total. The first-order valence-electron chi connectivity index (χ1n) is 5.80. The minimum Gasteiger partial charge on any atom is -0.435 e. The van der Waals surface area contributed by atoms with Crippen molar-refractivity contribution in [2.24, 2.45) is 0 Å². The van der Waals surface area contributed by atoms with Crippen LogP contribution in [-0.4, -0.2) is 10.9 Å². The highest BCUT2D eigenvalue weighted by Gasteiger charge is 2.10. The van der Waals surface area contributed by atoms with Gasteiger partial charge in [0.25, 0.3) is 0 Å². The predicted molar refractivity (Wildman–Crippen MR) is 74.2 cm³/mol. The molecule has 1 heterocycles. The van der Waals surface area contributed by atoms with Crippen molar-refractivity contribution < 1.29 is 9.53 Å². The van der Waals surface area contributed by atoms with E-state index in [1.807, 2.05) is 6.07 Å². The fourth-order valence-electron chi connectivity index (χ4n) is 1.58. The van der Waals surface area contributed by atoms with E-state index in [1.54, 1.807) is 24.3 Å². The molecule has 0 aliphatic rings. The molecule has 0 spiro atoms. The maximum atomic E-state index is 11.1. The predicted octanol–water partition coefficient (Wildman–Crippen LogP) is 2.29. The van der Waals surface area contributed by atoms with Gasteiger partial charge in [0.1, 0.15) is 11.6 Å². The van der Waals surface area contributed by atoms with Crippen molar-refractivity contribution in [2.75, 3.05) is 11.1 Å². The van der Waals surface area contributed by atoms with Crippen LogP contribution in [0.25, 0.3) is 0 Å². The van der Waals surface area contributed by atoms with E-state index < -0.39 is 0 Å². The number of nitrogens with zero attached hydrogens (tertiary/aromatic N) is 2. The monoisotopic (exact) mass is 268 g/mol. The molecule has 0 aliphatic carbocycles. The topological polar surface area (TPSA) is 101 Å². The molecule has 0 fully saturated rings. The minimum absolute atomic E-state index is 0.138. The fraction of sp³-hybridized carbons (Fsp3) is 0.0714. The van der Waals surface area contributed by atoms with Crippen LogP contribution in [0.15, 0.2) is 36.5 Å². The van der Waals surface area contributed by atoms with Crippen molar-refractivity contribution in [1.82, 2.24) is 4.98 Å². The number of aromatic nitrogens is 1. The summed E-state index contributed by atoms with van der Waals surface area (Å²) in [5.74, 6) is 0.322.